The first-order valence-corrected chi connectivity index (χ1v) is 20.8. The molecule has 1 aliphatic heterocycles. The van der Waals surface area contributed by atoms with E-state index in [0.29, 0.717) is 0 Å². The standard InChI is InChI=1S/C51H32N4S2/c1-3-14-31(15-4-1)49-52-50(32-16-5-2-6-17-32)54-51(53-49)33-28-29-44-40(30-33)46-36(20-13-27-45(46)56-44)37-21-11-22-38-39-23-12-26-43(48(39)57-47(37)38)55-41-24-9-7-18-34(41)35-19-8-10-25-42(35)55/h1-30,51H,(H,52,53,54). The van der Waals surface area contributed by atoms with E-state index in [1.165, 1.54) is 79.0 Å². The number of fused-ring (bicyclic) bond motifs is 9. The number of hydrogen-bond donors (Lipinski definition) is 1. The molecule has 0 amide bonds. The Balaban J connectivity index is 1.04. The fraction of sp³-hybridized carbons (Fsp3) is 0.0196. The predicted octanol–water partition coefficient (Wildman–Crippen LogP) is 13.7. The third-order valence-electron chi connectivity index (χ3n) is 11.3. The number of aromatic nitrogens is 1. The minimum absolute atomic E-state index is 0.301. The summed E-state index contributed by atoms with van der Waals surface area (Å²) in [4.78, 5) is 10.2. The Morgan fingerprint density at radius 3 is 1.88 bits per heavy atom. The van der Waals surface area contributed by atoms with Gasteiger partial charge in [0.25, 0.3) is 0 Å². The topological polar surface area (TPSA) is 41.7 Å². The molecule has 0 fully saturated rings. The summed E-state index contributed by atoms with van der Waals surface area (Å²) in [5, 5.41) is 11.3. The van der Waals surface area contributed by atoms with Gasteiger partial charge in [0.15, 0.2) is 5.84 Å². The van der Waals surface area contributed by atoms with Gasteiger partial charge in [0.2, 0.25) is 0 Å². The summed E-state index contributed by atoms with van der Waals surface area (Å²) in [6, 6.07) is 65.4. The van der Waals surface area contributed by atoms with Crippen LogP contribution in [0.3, 0.4) is 0 Å². The number of benzene rings is 8. The lowest BCUT2D eigenvalue weighted by Crippen LogP contribution is -2.33. The molecule has 1 unspecified atom stereocenters. The third kappa shape index (κ3) is 5.11. The molecule has 12 rings (SSSR count). The van der Waals surface area contributed by atoms with Gasteiger partial charge in [-0.1, -0.05) is 146 Å². The minimum atomic E-state index is -0.301. The Morgan fingerprint density at radius 2 is 1.11 bits per heavy atom. The van der Waals surface area contributed by atoms with Gasteiger partial charge in [-0.2, -0.15) is 0 Å². The molecule has 1 atom stereocenters. The Bertz CT molecular complexity index is 3390. The smallest absolute Gasteiger partial charge is 0.159 e. The van der Waals surface area contributed by atoms with Crippen LogP contribution in [0.2, 0.25) is 0 Å². The number of hydrogen-bond acceptors (Lipinski definition) is 5. The number of rotatable bonds is 5. The van der Waals surface area contributed by atoms with Crippen LogP contribution in [-0.4, -0.2) is 16.2 Å². The van der Waals surface area contributed by atoms with Crippen molar-refractivity contribution in [1.82, 2.24) is 9.88 Å². The Labute approximate surface area is 336 Å². The molecule has 1 N–H and O–H groups in total. The van der Waals surface area contributed by atoms with Crippen molar-refractivity contribution >= 4 is 96.5 Å². The Morgan fingerprint density at radius 1 is 0.474 bits per heavy atom. The van der Waals surface area contributed by atoms with Gasteiger partial charge in [-0.15, -0.1) is 22.7 Å². The van der Waals surface area contributed by atoms with Crippen molar-refractivity contribution in [3.8, 4) is 16.8 Å². The molecule has 3 aromatic heterocycles. The highest BCUT2D eigenvalue weighted by Gasteiger charge is 2.23. The van der Waals surface area contributed by atoms with Gasteiger partial charge in [0, 0.05) is 63.1 Å². The van der Waals surface area contributed by atoms with Crippen molar-refractivity contribution in [1.29, 1.82) is 0 Å². The normalized spacial score (nSPS) is 14.5. The van der Waals surface area contributed by atoms with Crippen molar-refractivity contribution in [2.24, 2.45) is 9.98 Å². The van der Waals surface area contributed by atoms with E-state index < -0.39 is 0 Å². The summed E-state index contributed by atoms with van der Waals surface area (Å²) in [5.74, 6) is 1.55. The van der Waals surface area contributed by atoms with Crippen molar-refractivity contribution < 1.29 is 0 Å². The number of para-hydroxylation sites is 2. The van der Waals surface area contributed by atoms with Crippen molar-refractivity contribution in [2.75, 3.05) is 0 Å². The van der Waals surface area contributed by atoms with Gasteiger partial charge in [-0.05, 0) is 47.5 Å². The van der Waals surface area contributed by atoms with Crippen molar-refractivity contribution in [2.45, 2.75) is 6.17 Å². The van der Waals surface area contributed by atoms with E-state index in [-0.39, 0.29) is 6.17 Å². The van der Waals surface area contributed by atoms with Crippen LogP contribution in [0.1, 0.15) is 22.9 Å². The van der Waals surface area contributed by atoms with Gasteiger partial charge in [0.1, 0.15) is 12.0 Å². The average Bonchev–Trinajstić information content (AvgIpc) is 3.96. The SMILES string of the molecule is c1ccc(C2=NC(c3ccc4sc5cccc(-c6cccc7c6sc6c(-n8c9ccccc9c9ccccc98)cccc67)c5c4c3)NC(c3ccccc3)=N2)cc1. The lowest BCUT2D eigenvalue weighted by Gasteiger charge is -2.23. The fourth-order valence-electron chi connectivity index (χ4n) is 8.69. The predicted molar refractivity (Wildman–Crippen MR) is 244 cm³/mol. The minimum Gasteiger partial charge on any atom is -0.344 e. The quantitative estimate of drug-likeness (QED) is 0.186. The summed E-state index contributed by atoms with van der Waals surface area (Å²) in [6.45, 7) is 0. The van der Waals surface area contributed by atoms with E-state index in [0.717, 1.165) is 28.4 Å². The molecule has 0 spiro atoms. The maximum Gasteiger partial charge on any atom is 0.159 e. The van der Waals surface area contributed by atoms with E-state index in [2.05, 4.69) is 168 Å². The summed E-state index contributed by atoms with van der Waals surface area (Å²) < 4.78 is 7.59. The average molecular weight is 765 g/mol. The van der Waals surface area contributed by atoms with Gasteiger partial charge in [0.05, 0.1) is 21.4 Å². The summed E-state index contributed by atoms with van der Waals surface area (Å²) in [6.07, 6.45) is -0.301. The maximum atomic E-state index is 5.20. The molecule has 6 heteroatoms. The monoisotopic (exact) mass is 764 g/mol. The number of thiophene rings is 2. The van der Waals surface area contributed by atoms with Crippen LogP contribution in [0.25, 0.3) is 79.0 Å². The van der Waals surface area contributed by atoms with E-state index in [1.807, 2.05) is 46.9 Å². The highest BCUT2D eigenvalue weighted by Crippen LogP contribution is 2.47. The highest BCUT2D eigenvalue weighted by molar-refractivity contribution is 7.27. The van der Waals surface area contributed by atoms with Crippen LogP contribution in [-0.2, 0) is 0 Å². The summed E-state index contributed by atoms with van der Waals surface area (Å²) in [5.41, 5.74) is 9.32. The lowest BCUT2D eigenvalue weighted by molar-refractivity contribution is 0.675. The van der Waals surface area contributed by atoms with Gasteiger partial charge in [-0.3, -0.25) is 0 Å². The van der Waals surface area contributed by atoms with E-state index >= 15 is 0 Å². The van der Waals surface area contributed by atoms with Gasteiger partial charge in [-0.25, -0.2) is 9.98 Å². The first-order chi connectivity index (χ1) is 28.3. The Hall–Kier alpha value is -6.86. The van der Waals surface area contributed by atoms with E-state index in [1.54, 1.807) is 0 Å². The molecule has 11 aromatic rings. The van der Waals surface area contributed by atoms with E-state index in [9.17, 15) is 0 Å². The number of aliphatic imine (C=N–C) groups is 2. The highest BCUT2D eigenvalue weighted by atomic mass is 32.1. The zero-order chi connectivity index (χ0) is 37.5. The molecule has 8 aromatic carbocycles. The first-order valence-electron chi connectivity index (χ1n) is 19.2. The summed E-state index contributed by atoms with van der Waals surface area (Å²) in [7, 11) is 0. The molecule has 0 radical (unpaired) electrons. The molecule has 268 valence electrons. The largest absolute Gasteiger partial charge is 0.344 e. The van der Waals surface area contributed by atoms with E-state index in [4.69, 9.17) is 9.98 Å². The maximum absolute atomic E-state index is 5.20. The molecule has 0 bridgehead atoms. The van der Waals surface area contributed by atoms with Crippen LogP contribution in [0.5, 0.6) is 0 Å². The summed E-state index contributed by atoms with van der Waals surface area (Å²) >= 11 is 3.76. The zero-order valence-electron chi connectivity index (χ0n) is 30.6. The van der Waals surface area contributed by atoms with Crippen LogP contribution < -0.4 is 5.32 Å². The molecule has 57 heavy (non-hydrogen) atoms. The molecule has 0 aliphatic carbocycles. The van der Waals surface area contributed by atoms with Crippen LogP contribution in [0.4, 0.5) is 0 Å². The second-order valence-electron chi connectivity index (χ2n) is 14.5. The molecular formula is C51H32N4S2. The van der Waals surface area contributed by atoms with Gasteiger partial charge < -0.3 is 9.88 Å². The van der Waals surface area contributed by atoms with Crippen LogP contribution in [0, 0.1) is 0 Å². The zero-order valence-corrected chi connectivity index (χ0v) is 32.2. The lowest BCUT2D eigenvalue weighted by atomic mass is 9.97. The number of nitrogens with zero attached hydrogens (tertiary/aromatic N) is 3. The molecule has 0 saturated carbocycles. The van der Waals surface area contributed by atoms with Crippen molar-refractivity contribution in [3.05, 3.63) is 199 Å². The number of nitrogens with one attached hydrogen (secondary N) is 1. The molecule has 4 nitrogen and oxygen atoms in total. The molecule has 0 saturated heterocycles. The number of amidine groups is 2. The molecule has 4 heterocycles. The van der Waals surface area contributed by atoms with Crippen molar-refractivity contribution in [3.63, 3.8) is 0 Å². The second kappa shape index (κ2) is 12.8. The van der Waals surface area contributed by atoms with Crippen LogP contribution >= 0.6 is 22.7 Å². The fourth-order valence-corrected chi connectivity index (χ4v) is 11.1. The molecule has 1 aliphatic rings. The molecular weight excluding hydrogens is 733 g/mol. The Kier molecular flexibility index (Phi) is 7.30. The van der Waals surface area contributed by atoms with Gasteiger partial charge >= 0.3 is 0 Å². The first kappa shape index (κ1) is 32.4. The van der Waals surface area contributed by atoms with Crippen LogP contribution in [0.15, 0.2) is 192 Å². The third-order valence-corrected chi connectivity index (χ3v) is 13.7. The second-order valence-corrected chi connectivity index (χ2v) is 16.6.